The third kappa shape index (κ3) is 3.06. The van der Waals surface area contributed by atoms with E-state index in [0.29, 0.717) is 5.56 Å². The highest BCUT2D eigenvalue weighted by molar-refractivity contribution is 6.00. The Morgan fingerprint density at radius 1 is 0.947 bits per heavy atom. The van der Waals surface area contributed by atoms with E-state index < -0.39 is 11.8 Å². The van der Waals surface area contributed by atoms with Crippen molar-refractivity contribution in [2.24, 2.45) is 0 Å². The Kier molecular flexibility index (Phi) is 3.72. The number of phenols is 1. The Labute approximate surface area is 109 Å². The van der Waals surface area contributed by atoms with Crippen LogP contribution in [0.2, 0.25) is 0 Å². The van der Waals surface area contributed by atoms with Gasteiger partial charge in [-0.05, 0) is 24.3 Å². The van der Waals surface area contributed by atoms with Gasteiger partial charge in [-0.2, -0.15) is 0 Å². The standard InChI is InChI=1S/C13H11N3O3/c17-11-4-2-1-3-10(11)13(19)16-15-12(18)9-5-7-14-8-6-9/h1-8,17H,(H,15,18)(H,16,19). The summed E-state index contributed by atoms with van der Waals surface area (Å²) >= 11 is 0. The molecule has 2 aromatic rings. The Morgan fingerprint density at radius 2 is 1.58 bits per heavy atom. The molecule has 0 bridgehead atoms. The number of benzene rings is 1. The van der Waals surface area contributed by atoms with Crippen LogP contribution in [0.4, 0.5) is 0 Å². The van der Waals surface area contributed by atoms with E-state index in [9.17, 15) is 14.7 Å². The average molecular weight is 257 g/mol. The van der Waals surface area contributed by atoms with Gasteiger partial charge in [0.25, 0.3) is 11.8 Å². The quantitative estimate of drug-likeness (QED) is 0.696. The van der Waals surface area contributed by atoms with Crippen molar-refractivity contribution in [2.45, 2.75) is 0 Å². The fourth-order valence-corrected chi connectivity index (χ4v) is 1.42. The highest BCUT2D eigenvalue weighted by Gasteiger charge is 2.11. The van der Waals surface area contributed by atoms with Gasteiger partial charge < -0.3 is 5.11 Å². The van der Waals surface area contributed by atoms with Gasteiger partial charge in [-0.3, -0.25) is 25.4 Å². The second kappa shape index (κ2) is 5.63. The molecule has 2 amide bonds. The topological polar surface area (TPSA) is 91.3 Å². The fourth-order valence-electron chi connectivity index (χ4n) is 1.42. The number of hydrogen-bond donors (Lipinski definition) is 3. The first-order valence-electron chi connectivity index (χ1n) is 5.47. The molecule has 0 fully saturated rings. The third-order valence-corrected chi connectivity index (χ3v) is 2.38. The molecule has 0 saturated carbocycles. The number of nitrogens with one attached hydrogen (secondary N) is 2. The average Bonchev–Trinajstić information content (AvgIpc) is 2.46. The van der Waals surface area contributed by atoms with Crippen molar-refractivity contribution in [1.29, 1.82) is 0 Å². The van der Waals surface area contributed by atoms with Crippen molar-refractivity contribution >= 4 is 11.8 Å². The molecule has 3 N–H and O–H groups in total. The monoisotopic (exact) mass is 257 g/mol. The number of aromatic hydroxyl groups is 1. The molecule has 0 atom stereocenters. The highest BCUT2D eigenvalue weighted by atomic mass is 16.3. The molecule has 2 rings (SSSR count). The number of carbonyl (C=O) groups excluding carboxylic acids is 2. The third-order valence-electron chi connectivity index (χ3n) is 2.38. The van der Waals surface area contributed by atoms with Gasteiger partial charge in [-0.1, -0.05) is 12.1 Å². The number of para-hydroxylation sites is 1. The molecular formula is C13H11N3O3. The molecule has 1 heterocycles. The van der Waals surface area contributed by atoms with Crippen LogP contribution in [-0.4, -0.2) is 21.9 Å². The molecule has 0 radical (unpaired) electrons. The SMILES string of the molecule is O=C(NNC(=O)c1ccccc1O)c1ccncc1. The van der Waals surface area contributed by atoms with Crippen LogP contribution in [0.3, 0.4) is 0 Å². The first-order valence-corrected chi connectivity index (χ1v) is 5.47. The number of hydrogen-bond acceptors (Lipinski definition) is 4. The normalized spacial score (nSPS) is 9.68. The molecule has 0 aliphatic rings. The van der Waals surface area contributed by atoms with Crippen molar-refractivity contribution in [1.82, 2.24) is 15.8 Å². The largest absolute Gasteiger partial charge is 0.507 e. The van der Waals surface area contributed by atoms with E-state index >= 15 is 0 Å². The molecule has 0 aliphatic carbocycles. The van der Waals surface area contributed by atoms with Gasteiger partial charge in [-0.15, -0.1) is 0 Å². The van der Waals surface area contributed by atoms with Crippen LogP contribution in [0.15, 0.2) is 48.8 Å². The van der Waals surface area contributed by atoms with Gasteiger partial charge in [0.05, 0.1) is 5.56 Å². The minimum Gasteiger partial charge on any atom is -0.507 e. The minimum atomic E-state index is -0.597. The van der Waals surface area contributed by atoms with Crippen molar-refractivity contribution in [3.63, 3.8) is 0 Å². The Hall–Kier alpha value is -2.89. The van der Waals surface area contributed by atoms with Crippen LogP contribution in [0, 0.1) is 0 Å². The van der Waals surface area contributed by atoms with Gasteiger partial charge in [0.1, 0.15) is 5.75 Å². The van der Waals surface area contributed by atoms with E-state index in [1.165, 1.54) is 36.7 Å². The summed E-state index contributed by atoms with van der Waals surface area (Å²) in [5.41, 5.74) is 4.92. The number of rotatable bonds is 2. The van der Waals surface area contributed by atoms with Crippen molar-refractivity contribution in [3.05, 3.63) is 59.9 Å². The highest BCUT2D eigenvalue weighted by Crippen LogP contribution is 2.14. The zero-order valence-electron chi connectivity index (χ0n) is 9.83. The minimum absolute atomic E-state index is 0.0810. The number of hydrazine groups is 1. The number of phenolic OH excluding ortho intramolecular Hbond substituents is 1. The number of amides is 2. The van der Waals surface area contributed by atoms with Crippen LogP contribution in [0.5, 0.6) is 5.75 Å². The predicted octanol–water partition coefficient (Wildman–Crippen LogP) is 0.862. The van der Waals surface area contributed by atoms with Gasteiger partial charge in [0, 0.05) is 18.0 Å². The molecule has 0 aliphatic heterocycles. The zero-order chi connectivity index (χ0) is 13.7. The molecule has 0 unspecified atom stereocenters. The predicted molar refractivity (Wildman–Crippen MR) is 67.3 cm³/mol. The van der Waals surface area contributed by atoms with Crippen LogP contribution < -0.4 is 10.9 Å². The molecular weight excluding hydrogens is 246 g/mol. The van der Waals surface area contributed by atoms with Crippen LogP contribution >= 0.6 is 0 Å². The fraction of sp³-hybridized carbons (Fsp3) is 0. The zero-order valence-corrected chi connectivity index (χ0v) is 9.83. The molecule has 0 spiro atoms. The van der Waals surface area contributed by atoms with E-state index in [-0.39, 0.29) is 11.3 Å². The Morgan fingerprint density at radius 3 is 2.26 bits per heavy atom. The maximum atomic E-state index is 11.7. The van der Waals surface area contributed by atoms with Crippen LogP contribution in [-0.2, 0) is 0 Å². The molecule has 96 valence electrons. The molecule has 0 saturated heterocycles. The van der Waals surface area contributed by atoms with E-state index in [0.717, 1.165) is 0 Å². The molecule has 1 aromatic carbocycles. The lowest BCUT2D eigenvalue weighted by molar-refractivity contribution is 0.0845. The summed E-state index contributed by atoms with van der Waals surface area (Å²) in [5.74, 6) is -1.22. The molecule has 1 aromatic heterocycles. The maximum Gasteiger partial charge on any atom is 0.273 e. The van der Waals surface area contributed by atoms with E-state index in [2.05, 4.69) is 15.8 Å². The van der Waals surface area contributed by atoms with E-state index in [1.54, 1.807) is 12.1 Å². The molecule has 6 heteroatoms. The van der Waals surface area contributed by atoms with Crippen LogP contribution in [0.25, 0.3) is 0 Å². The van der Waals surface area contributed by atoms with Gasteiger partial charge >= 0.3 is 0 Å². The second-order valence-corrected chi connectivity index (χ2v) is 3.66. The summed E-state index contributed by atoms with van der Waals surface area (Å²) < 4.78 is 0. The summed E-state index contributed by atoms with van der Waals surface area (Å²) in [4.78, 5) is 27.1. The smallest absolute Gasteiger partial charge is 0.273 e. The van der Waals surface area contributed by atoms with Gasteiger partial charge in [0.2, 0.25) is 0 Å². The Bertz CT molecular complexity index is 599. The number of aromatic nitrogens is 1. The van der Waals surface area contributed by atoms with E-state index in [1.807, 2.05) is 0 Å². The van der Waals surface area contributed by atoms with Crippen molar-refractivity contribution in [3.8, 4) is 5.75 Å². The molecule has 6 nitrogen and oxygen atoms in total. The Balaban J connectivity index is 1.98. The van der Waals surface area contributed by atoms with Gasteiger partial charge in [0.15, 0.2) is 0 Å². The lowest BCUT2D eigenvalue weighted by atomic mass is 10.2. The van der Waals surface area contributed by atoms with Gasteiger partial charge in [-0.25, -0.2) is 0 Å². The summed E-state index contributed by atoms with van der Waals surface area (Å²) in [5, 5.41) is 9.48. The second-order valence-electron chi connectivity index (χ2n) is 3.66. The lowest BCUT2D eigenvalue weighted by Gasteiger charge is -2.08. The summed E-state index contributed by atoms with van der Waals surface area (Å²) in [6, 6.07) is 9.08. The number of pyridine rings is 1. The number of carbonyl (C=O) groups is 2. The summed E-state index contributed by atoms with van der Waals surface area (Å²) in [6.45, 7) is 0. The first-order chi connectivity index (χ1) is 9.18. The van der Waals surface area contributed by atoms with E-state index in [4.69, 9.17) is 0 Å². The van der Waals surface area contributed by atoms with Crippen LogP contribution in [0.1, 0.15) is 20.7 Å². The maximum absolute atomic E-state index is 11.7. The summed E-state index contributed by atoms with van der Waals surface area (Å²) in [7, 11) is 0. The first kappa shape index (κ1) is 12.6. The van der Waals surface area contributed by atoms with Crippen molar-refractivity contribution < 1.29 is 14.7 Å². The van der Waals surface area contributed by atoms with Crippen molar-refractivity contribution in [2.75, 3.05) is 0 Å². The summed E-state index contributed by atoms with van der Waals surface area (Å²) in [6.07, 6.45) is 2.94. The molecule has 19 heavy (non-hydrogen) atoms. The number of nitrogens with zero attached hydrogens (tertiary/aromatic N) is 1. The lowest BCUT2D eigenvalue weighted by Crippen LogP contribution is -2.41.